The minimum absolute atomic E-state index is 0.144. The van der Waals surface area contributed by atoms with Gasteiger partial charge in [-0.15, -0.1) is 0 Å². The van der Waals surface area contributed by atoms with Gasteiger partial charge in [0.15, 0.2) is 0 Å². The number of aryl methyl sites for hydroxylation is 2. The fraction of sp³-hybridized carbons (Fsp3) is 0.412. The van der Waals surface area contributed by atoms with Crippen molar-refractivity contribution in [3.05, 3.63) is 81.9 Å². The molecule has 0 bridgehead atoms. The van der Waals surface area contributed by atoms with Crippen molar-refractivity contribution in [3.8, 4) is 11.5 Å². The standard InChI is InChI=1S/C34H44N2O2/c1-9-25-15-23(19-33(3,4)5)17-27(31(25)37)21-35-29-13-11-12-14-30(29)36-22-28-18-24(20-34(6,7)8)16-26(10-2)32(28)38/h11-18,21-22,37-38H,9-10,19-20H2,1-8H3. The fourth-order valence-corrected chi connectivity index (χ4v) is 4.70. The van der Waals surface area contributed by atoms with E-state index in [4.69, 9.17) is 9.98 Å². The number of aromatic hydroxyl groups is 2. The van der Waals surface area contributed by atoms with Crippen LogP contribution in [0.15, 0.2) is 58.5 Å². The summed E-state index contributed by atoms with van der Waals surface area (Å²) in [7, 11) is 0. The first-order valence-electron chi connectivity index (χ1n) is 13.7. The van der Waals surface area contributed by atoms with E-state index in [1.165, 1.54) is 11.1 Å². The Bertz CT molecular complexity index is 1220. The molecule has 3 aromatic rings. The van der Waals surface area contributed by atoms with Crippen LogP contribution >= 0.6 is 0 Å². The van der Waals surface area contributed by atoms with E-state index in [1.807, 2.05) is 36.4 Å². The first-order chi connectivity index (χ1) is 17.8. The van der Waals surface area contributed by atoms with Gasteiger partial charge in [0.1, 0.15) is 11.5 Å². The van der Waals surface area contributed by atoms with Crippen LogP contribution in [0.25, 0.3) is 0 Å². The second-order valence-corrected chi connectivity index (χ2v) is 12.6. The van der Waals surface area contributed by atoms with E-state index in [0.29, 0.717) is 22.5 Å². The van der Waals surface area contributed by atoms with Crippen molar-refractivity contribution >= 4 is 23.8 Å². The summed E-state index contributed by atoms with van der Waals surface area (Å²) in [6.45, 7) is 17.4. The molecule has 0 spiro atoms. The number of nitrogens with zero attached hydrogens (tertiary/aromatic N) is 2. The molecule has 2 N–H and O–H groups in total. The Kier molecular flexibility index (Phi) is 9.19. The molecule has 0 amide bonds. The molecular formula is C34H44N2O2. The first-order valence-corrected chi connectivity index (χ1v) is 13.7. The number of benzene rings is 3. The van der Waals surface area contributed by atoms with E-state index in [-0.39, 0.29) is 22.3 Å². The lowest BCUT2D eigenvalue weighted by molar-refractivity contribution is 0.410. The molecule has 0 saturated heterocycles. The van der Waals surface area contributed by atoms with Crippen LogP contribution in [0.5, 0.6) is 11.5 Å². The fourth-order valence-electron chi connectivity index (χ4n) is 4.70. The van der Waals surface area contributed by atoms with Gasteiger partial charge in [0, 0.05) is 23.6 Å². The second kappa shape index (κ2) is 12.0. The molecule has 202 valence electrons. The summed E-state index contributed by atoms with van der Waals surface area (Å²) in [5.74, 6) is 0.560. The van der Waals surface area contributed by atoms with Crippen LogP contribution in [-0.2, 0) is 25.7 Å². The van der Waals surface area contributed by atoms with Crippen LogP contribution < -0.4 is 0 Å². The lowest BCUT2D eigenvalue weighted by Crippen LogP contribution is -2.10. The van der Waals surface area contributed by atoms with Gasteiger partial charge in [-0.05, 0) is 83.0 Å². The molecule has 0 saturated carbocycles. The highest BCUT2D eigenvalue weighted by Crippen LogP contribution is 2.32. The highest BCUT2D eigenvalue weighted by molar-refractivity contribution is 5.90. The number of phenols is 2. The van der Waals surface area contributed by atoms with Crippen molar-refractivity contribution in [3.63, 3.8) is 0 Å². The molecule has 0 aliphatic heterocycles. The van der Waals surface area contributed by atoms with Gasteiger partial charge in [-0.1, -0.05) is 79.7 Å². The Hall–Kier alpha value is -3.40. The minimum atomic E-state index is 0.144. The Morgan fingerprint density at radius 1 is 0.632 bits per heavy atom. The van der Waals surface area contributed by atoms with Crippen molar-refractivity contribution in [2.45, 2.75) is 81.1 Å². The zero-order valence-corrected chi connectivity index (χ0v) is 24.4. The Morgan fingerprint density at radius 2 is 1.00 bits per heavy atom. The Balaban J connectivity index is 1.97. The summed E-state index contributed by atoms with van der Waals surface area (Å²) in [6.07, 6.45) is 6.79. The normalized spacial score (nSPS) is 12.6. The third-order valence-electron chi connectivity index (χ3n) is 6.35. The predicted octanol–water partition coefficient (Wildman–Crippen LogP) is 8.90. The lowest BCUT2D eigenvalue weighted by atomic mass is 9.86. The highest BCUT2D eigenvalue weighted by atomic mass is 16.3. The monoisotopic (exact) mass is 512 g/mol. The van der Waals surface area contributed by atoms with Crippen LogP contribution in [0.3, 0.4) is 0 Å². The molecule has 0 unspecified atom stereocenters. The average molecular weight is 513 g/mol. The SMILES string of the molecule is CCc1cc(CC(C)(C)C)cc(C=Nc2ccccc2N=Cc2cc(CC(C)(C)C)cc(CC)c2O)c1O. The Morgan fingerprint density at radius 3 is 1.32 bits per heavy atom. The smallest absolute Gasteiger partial charge is 0.127 e. The molecule has 3 rings (SSSR count). The molecule has 0 heterocycles. The molecule has 0 aliphatic carbocycles. The predicted molar refractivity (Wildman–Crippen MR) is 162 cm³/mol. The van der Waals surface area contributed by atoms with Crippen LogP contribution in [0.4, 0.5) is 11.4 Å². The van der Waals surface area contributed by atoms with Crippen molar-refractivity contribution in [2.75, 3.05) is 0 Å². The van der Waals surface area contributed by atoms with Crippen molar-refractivity contribution in [1.82, 2.24) is 0 Å². The van der Waals surface area contributed by atoms with Crippen LogP contribution in [0.1, 0.15) is 88.8 Å². The number of aliphatic imine (C=N–C) groups is 2. The van der Waals surface area contributed by atoms with Gasteiger partial charge in [-0.3, -0.25) is 9.98 Å². The molecule has 0 fully saturated rings. The third-order valence-corrected chi connectivity index (χ3v) is 6.35. The molecular weight excluding hydrogens is 468 g/mol. The molecule has 4 heteroatoms. The van der Waals surface area contributed by atoms with E-state index >= 15 is 0 Å². The van der Waals surface area contributed by atoms with Crippen molar-refractivity contribution in [2.24, 2.45) is 20.8 Å². The van der Waals surface area contributed by atoms with E-state index in [9.17, 15) is 10.2 Å². The van der Waals surface area contributed by atoms with Crippen LogP contribution in [0.2, 0.25) is 0 Å². The maximum absolute atomic E-state index is 10.8. The summed E-state index contributed by atoms with van der Waals surface area (Å²) in [5, 5.41) is 21.7. The maximum Gasteiger partial charge on any atom is 0.127 e. The summed E-state index contributed by atoms with van der Waals surface area (Å²) in [6, 6.07) is 15.9. The van der Waals surface area contributed by atoms with Gasteiger partial charge in [-0.2, -0.15) is 0 Å². The topological polar surface area (TPSA) is 65.2 Å². The number of hydrogen-bond acceptors (Lipinski definition) is 4. The van der Waals surface area contributed by atoms with Gasteiger partial charge in [0.2, 0.25) is 0 Å². The zero-order valence-electron chi connectivity index (χ0n) is 24.4. The van der Waals surface area contributed by atoms with E-state index < -0.39 is 0 Å². The maximum atomic E-state index is 10.8. The quantitative estimate of drug-likeness (QED) is 0.296. The molecule has 0 aromatic heterocycles. The summed E-state index contributed by atoms with van der Waals surface area (Å²) >= 11 is 0. The molecule has 0 atom stereocenters. The highest BCUT2D eigenvalue weighted by Gasteiger charge is 2.16. The number of rotatable bonds is 8. The molecule has 38 heavy (non-hydrogen) atoms. The summed E-state index contributed by atoms with van der Waals surface area (Å²) in [4.78, 5) is 9.45. The lowest BCUT2D eigenvalue weighted by Gasteiger charge is -2.19. The van der Waals surface area contributed by atoms with Gasteiger partial charge in [0.25, 0.3) is 0 Å². The molecule has 4 nitrogen and oxygen atoms in total. The third kappa shape index (κ3) is 8.05. The number of phenolic OH excluding ortho intramolecular Hbond substituents is 2. The number of hydrogen-bond donors (Lipinski definition) is 2. The van der Waals surface area contributed by atoms with Crippen molar-refractivity contribution in [1.29, 1.82) is 0 Å². The molecule has 3 aromatic carbocycles. The minimum Gasteiger partial charge on any atom is -0.507 e. The van der Waals surface area contributed by atoms with Gasteiger partial charge in [-0.25, -0.2) is 0 Å². The van der Waals surface area contributed by atoms with E-state index in [1.54, 1.807) is 12.4 Å². The van der Waals surface area contributed by atoms with Gasteiger partial charge < -0.3 is 10.2 Å². The molecule has 0 aliphatic rings. The summed E-state index contributed by atoms with van der Waals surface area (Å²) in [5.41, 5.74) is 7.34. The van der Waals surface area contributed by atoms with Crippen molar-refractivity contribution < 1.29 is 10.2 Å². The summed E-state index contributed by atoms with van der Waals surface area (Å²) < 4.78 is 0. The van der Waals surface area contributed by atoms with Crippen LogP contribution in [-0.4, -0.2) is 22.6 Å². The molecule has 0 radical (unpaired) electrons. The zero-order chi connectivity index (χ0) is 28.1. The largest absolute Gasteiger partial charge is 0.507 e. The second-order valence-electron chi connectivity index (χ2n) is 12.6. The van der Waals surface area contributed by atoms with Crippen LogP contribution in [0, 0.1) is 10.8 Å². The average Bonchev–Trinajstić information content (AvgIpc) is 2.82. The number of para-hydroxylation sites is 2. The van der Waals surface area contributed by atoms with Gasteiger partial charge in [0.05, 0.1) is 11.4 Å². The first kappa shape index (κ1) is 29.2. The van der Waals surface area contributed by atoms with E-state index in [0.717, 1.165) is 36.8 Å². The Labute approximate surface area is 229 Å². The van der Waals surface area contributed by atoms with Gasteiger partial charge >= 0.3 is 0 Å². The van der Waals surface area contributed by atoms with E-state index in [2.05, 4.69) is 67.5 Å².